The van der Waals surface area contributed by atoms with Crippen molar-refractivity contribution in [1.82, 2.24) is 15.2 Å². The number of hydrogen-bond donors (Lipinski definition) is 1. The minimum atomic E-state index is 0. The van der Waals surface area contributed by atoms with Gasteiger partial charge in [-0.05, 0) is 30.3 Å². The second kappa shape index (κ2) is 12.6. The van der Waals surface area contributed by atoms with Crippen LogP contribution in [0.15, 0.2) is 53.8 Å². The number of benzene rings is 1. The number of ether oxygens (including phenoxy) is 2. The number of hydrogen-bond acceptors (Lipinski definition) is 4. The van der Waals surface area contributed by atoms with Crippen molar-refractivity contribution >= 4 is 41.5 Å². The largest absolute Gasteiger partial charge is 0.492 e. The second-order valence-electron chi connectivity index (χ2n) is 5.24. The fraction of sp³-hybridized carbons (Fsp3) is 0.333. The first-order valence-electron chi connectivity index (χ1n) is 8.02. The summed E-state index contributed by atoms with van der Waals surface area (Å²) in [6, 6.07) is 11.1. The van der Waals surface area contributed by atoms with Gasteiger partial charge < -0.3 is 19.7 Å². The molecule has 142 valence electrons. The molecule has 1 heterocycles. The SMILES string of the molecule is CN=C(NCCOc1cccnc1)N(C)CCOc1cccc(Cl)c1.I. The molecular weight excluding hydrogens is 467 g/mol. The Bertz CT molecular complexity index is 673. The summed E-state index contributed by atoms with van der Waals surface area (Å²) in [4.78, 5) is 10.3. The third kappa shape index (κ3) is 8.09. The van der Waals surface area contributed by atoms with Crippen molar-refractivity contribution in [2.24, 2.45) is 4.99 Å². The Kier molecular flexibility index (Phi) is 10.8. The number of nitrogens with zero attached hydrogens (tertiary/aromatic N) is 3. The van der Waals surface area contributed by atoms with Gasteiger partial charge in [0.1, 0.15) is 24.7 Å². The lowest BCUT2D eigenvalue weighted by Gasteiger charge is -2.22. The maximum atomic E-state index is 5.94. The Balaban J connectivity index is 0.00000338. The second-order valence-corrected chi connectivity index (χ2v) is 5.68. The monoisotopic (exact) mass is 490 g/mol. The van der Waals surface area contributed by atoms with Crippen LogP contribution in [0.3, 0.4) is 0 Å². The zero-order chi connectivity index (χ0) is 17.9. The minimum absolute atomic E-state index is 0. The Labute approximate surface area is 176 Å². The Morgan fingerprint density at radius 3 is 2.65 bits per heavy atom. The number of guanidine groups is 1. The van der Waals surface area contributed by atoms with Gasteiger partial charge in [0.2, 0.25) is 0 Å². The summed E-state index contributed by atoms with van der Waals surface area (Å²) < 4.78 is 11.3. The highest BCUT2D eigenvalue weighted by Crippen LogP contribution is 2.16. The molecule has 0 saturated carbocycles. The van der Waals surface area contributed by atoms with E-state index in [0.717, 1.165) is 17.5 Å². The van der Waals surface area contributed by atoms with Crippen molar-refractivity contribution in [2.75, 3.05) is 40.4 Å². The molecule has 0 fully saturated rings. The molecule has 1 N–H and O–H groups in total. The summed E-state index contributed by atoms with van der Waals surface area (Å²) in [5.74, 6) is 2.29. The fourth-order valence-electron chi connectivity index (χ4n) is 2.11. The van der Waals surface area contributed by atoms with Crippen LogP contribution in [0.1, 0.15) is 0 Å². The smallest absolute Gasteiger partial charge is 0.193 e. The van der Waals surface area contributed by atoms with Gasteiger partial charge >= 0.3 is 0 Å². The van der Waals surface area contributed by atoms with E-state index in [9.17, 15) is 0 Å². The van der Waals surface area contributed by atoms with Gasteiger partial charge in [-0.3, -0.25) is 9.98 Å². The molecule has 8 heteroatoms. The van der Waals surface area contributed by atoms with Gasteiger partial charge in [0.15, 0.2) is 5.96 Å². The van der Waals surface area contributed by atoms with Gasteiger partial charge in [0.25, 0.3) is 0 Å². The van der Waals surface area contributed by atoms with Crippen molar-refractivity contribution in [3.8, 4) is 11.5 Å². The summed E-state index contributed by atoms with van der Waals surface area (Å²) in [7, 11) is 3.71. The average molecular weight is 491 g/mol. The molecule has 0 saturated heterocycles. The molecule has 1 aromatic heterocycles. The highest BCUT2D eigenvalue weighted by molar-refractivity contribution is 14.0. The third-order valence-electron chi connectivity index (χ3n) is 3.35. The lowest BCUT2D eigenvalue weighted by atomic mass is 10.3. The van der Waals surface area contributed by atoms with Gasteiger partial charge in [0.05, 0.1) is 19.3 Å². The van der Waals surface area contributed by atoms with E-state index in [1.54, 1.807) is 25.5 Å². The average Bonchev–Trinajstić information content (AvgIpc) is 2.62. The van der Waals surface area contributed by atoms with Crippen LogP contribution < -0.4 is 14.8 Å². The number of pyridine rings is 1. The van der Waals surface area contributed by atoms with E-state index in [0.29, 0.717) is 31.3 Å². The molecule has 0 atom stereocenters. The van der Waals surface area contributed by atoms with Crippen LogP contribution in [0.4, 0.5) is 0 Å². The molecule has 0 unspecified atom stereocenters. The zero-order valence-corrected chi connectivity index (χ0v) is 18.0. The molecule has 2 rings (SSSR count). The van der Waals surface area contributed by atoms with Gasteiger partial charge in [-0.1, -0.05) is 17.7 Å². The molecule has 2 aromatic rings. The summed E-state index contributed by atoms with van der Waals surface area (Å²) in [6.07, 6.45) is 3.40. The highest BCUT2D eigenvalue weighted by atomic mass is 127. The van der Waals surface area contributed by atoms with Gasteiger partial charge in [-0.15, -0.1) is 24.0 Å². The first kappa shape index (κ1) is 22.3. The van der Waals surface area contributed by atoms with Crippen molar-refractivity contribution in [1.29, 1.82) is 0 Å². The summed E-state index contributed by atoms with van der Waals surface area (Å²) in [5.41, 5.74) is 0. The van der Waals surface area contributed by atoms with E-state index in [1.165, 1.54) is 0 Å². The quantitative estimate of drug-likeness (QED) is 0.266. The number of likely N-dealkylation sites (N-methyl/N-ethyl adjacent to an activating group) is 1. The Morgan fingerprint density at radius 2 is 1.96 bits per heavy atom. The predicted octanol–water partition coefficient (Wildman–Crippen LogP) is 3.32. The first-order valence-corrected chi connectivity index (χ1v) is 8.40. The van der Waals surface area contributed by atoms with E-state index < -0.39 is 0 Å². The van der Waals surface area contributed by atoms with E-state index in [1.807, 2.05) is 42.3 Å². The van der Waals surface area contributed by atoms with E-state index in [2.05, 4.69) is 15.3 Å². The van der Waals surface area contributed by atoms with Crippen LogP contribution in [-0.4, -0.2) is 56.2 Å². The number of aliphatic imine (C=N–C) groups is 1. The molecule has 0 radical (unpaired) electrons. The Hall–Kier alpha value is -1.74. The van der Waals surface area contributed by atoms with Crippen LogP contribution >= 0.6 is 35.6 Å². The van der Waals surface area contributed by atoms with Gasteiger partial charge in [0, 0.05) is 25.3 Å². The minimum Gasteiger partial charge on any atom is -0.492 e. The number of rotatable bonds is 8. The van der Waals surface area contributed by atoms with Crippen LogP contribution in [0.25, 0.3) is 0 Å². The molecular formula is C18H24ClIN4O2. The van der Waals surface area contributed by atoms with Crippen LogP contribution in [0, 0.1) is 0 Å². The zero-order valence-electron chi connectivity index (χ0n) is 14.9. The first-order chi connectivity index (χ1) is 12.2. The summed E-state index contributed by atoms with van der Waals surface area (Å²) >= 11 is 5.94. The molecule has 0 bridgehead atoms. The van der Waals surface area contributed by atoms with Crippen molar-refractivity contribution in [3.05, 3.63) is 53.8 Å². The van der Waals surface area contributed by atoms with Gasteiger partial charge in [-0.25, -0.2) is 0 Å². The molecule has 0 aliphatic carbocycles. The number of nitrogens with one attached hydrogen (secondary N) is 1. The van der Waals surface area contributed by atoms with Gasteiger partial charge in [-0.2, -0.15) is 0 Å². The maximum absolute atomic E-state index is 5.94. The maximum Gasteiger partial charge on any atom is 0.193 e. The van der Waals surface area contributed by atoms with E-state index in [4.69, 9.17) is 21.1 Å². The number of halogens is 2. The molecule has 0 aliphatic rings. The summed E-state index contributed by atoms with van der Waals surface area (Å²) in [5, 5.41) is 3.91. The topological polar surface area (TPSA) is 59.0 Å². The third-order valence-corrected chi connectivity index (χ3v) is 3.59. The van der Waals surface area contributed by atoms with Crippen LogP contribution in [0.2, 0.25) is 5.02 Å². The normalized spacial score (nSPS) is 10.7. The van der Waals surface area contributed by atoms with Crippen molar-refractivity contribution < 1.29 is 9.47 Å². The molecule has 26 heavy (non-hydrogen) atoms. The van der Waals surface area contributed by atoms with E-state index in [-0.39, 0.29) is 24.0 Å². The molecule has 0 aliphatic heterocycles. The summed E-state index contributed by atoms with van der Waals surface area (Å²) in [6.45, 7) is 2.39. The van der Waals surface area contributed by atoms with E-state index >= 15 is 0 Å². The van der Waals surface area contributed by atoms with Crippen molar-refractivity contribution in [2.45, 2.75) is 0 Å². The van der Waals surface area contributed by atoms with Crippen molar-refractivity contribution in [3.63, 3.8) is 0 Å². The molecule has 0 amide bonds. The standard InChI is InChI=1S/C18H23ClN4O2.HI/c1-20-18(22-9-11-24-17-7-4-8-21-14-17)23(2)10-12-25-16-6-3-5-15(19)13-16;/h3-8,13-14H,9-12H2,1-2H3,(H,20,22);1H. The predicted molar refractivity (Wildman–Crippen MR) is 116 cm³/mol. The highest BCUT2D eigenvalue weighted by Gasteiger charge is 2.05. The fourth-order valence-corrected chi connectivity index (χ4v) is 2.29. The lowest BCUT2D eigenvalue weighted by Crippen LogP contribution is -2.42. The van der Waals surface area contributed by atoms with Crippen LogP contribution in [0.5, 0.6) is 11.5 Å². The van der Waals surface area contributed by atoms with Crippen LogP contribution in [-0.2, 0) is 0 Å². The lowest BCUT2D eigenvalue weighted by molar-refractivity contribution is 0.279. The molecule has 0 spiro atoms. The Morgan fingerprint density at radius 1 is 1.19 bits per heavy atom. The molecule has 6 nitrogen and oxygen atoms in total. The molecule has 1 aromatic carbocycles. The number of aromatic nitrogens is 1.